The molecule has 126 valence electrons. The van der Waals surface area contributed by atoms with Crippen LogP contribution in [0.15, 0.2) is 48.8 Å². The molecule has 0 bridgehead atoms. The molecule has 24 heavy (non-hydrogen) atoms. The van der Waals surface area contributed by atoms with Crippen molar-refractivity contribution < 1.29 is 9.36 Å². The molecule has 2 rings (SSSR count). The zero-order chi connectivity index (χ0) is 17.7. The van der Waals surface area contributed by atoms with Crippen LogP contribution >= 0.6 is 23.8 Å². The fraction of sp³-hybridized carbons (Fsp3) is 0.278. The van der Waals surface area contributed by atoms with E-state index in [1.807, 2.05) is 55.0 Å². The monoisotopic (exact) mass is 362 g/mol. The second kappa shape index (κ2) is 8.22. The molecule has 0 saturated carbocycles. The second-order valence-corrected chi connectivity index (χ2v) is 6.44. The lowest BCUT2D eigenvalue weighted by Crippen LogP contribution is -2.51. The van der Waals surface area contributed by atoms with Gasteiger partial charge in [0.15, 0.2) is 17.4 Å². The summed E-state index contributed by atoms with van der Waals surface area (Å²) in [5.74, 6) is -0.0692. The molecule has 6 heteroatoms. The highest BCUT2D eigenvalue weighted by atomic mass is 35.5. The third kappa shape index (κ3) is 4.30. The molecular formula is C18H21ClN3OS+. The third-order valence-corrected chi connectivity index (χ3v) is 4.25. The van der Waals surface area contributed by atoms with Gasteiger partial charge in [-0.05, 0) is 31.2 Å². The Morgan fingerprint density at radius 3 is 2.29 bits per heavy atom. The maximum Gasteiger partial charge on any atom is 0.270 e. The van der Waals surface area contributed by atoms with Crippen LogP contribution in [0.25, 0.3) is 0 Å². The Kier molecular flexibility index (Phi) is 6.29. The fourth-order valence-corrected chi connectivity index (χ4v) is 2.83. The number of thiocarbonyl (C=S) groups is 1. The molecule has 0 aliphatic carbocycles. The Bertz CT molecular complexity index is 714. The van der Waals surface area contributed by atoms with Crippen molar-refractivity contribution in [1.82, 2.24) is 5.32 Å². The second-order valence-electron chi connectivity index (χ2n) is 5.57. The molecule has 0 spiro atoms. The van der Waals surface area contributed by atoms with E-state index in [1.54, 1.807) is 24.3 Å². The van der Waals surface area contributed by atoms with Crippen molar-refractivity contribution >= 4 is 40.3 Å². The molecule has 1 aromatic carbocycles. The van der Waals surface area contributed by atoms with E-state index in [2.05, 4.69) is 5.32 Å². The summed E-state index contributed by atoms with van der Waals surface area (Å²) in [6.07, 6.45) is 3.74. The smallest absolute Gasteiger partial charge is 0.270 e. The molecular weight excluding hydrogens is 342 g/mol. The fourth-order valence-electron chi connectivity index (χ4n) is 2.33. The van der Waals surface area contributed by atoms with E-state index < -0.39 is 6.04 Å². The van der Waals surface area contributed by atoms with Gasteiger partial charge < -0.3 is 10.2 Å². The molecule has 1 N–H and O–H groups in total. The van der Waals surface area contributed by atoms with Gasteiger partial charge in [-0.2, -0.15) is 4.57 Å². The van der Waals surface area contributed by atoms with Crippen LogP contribution in [-0.4, -0.2) is 31.4 Å². The number of halogens is 1. The zero-order valence-electron chi connectivity index (χ0n) is 14.0. The van der Waals surface area contributed by atoms with Crippen LogP contribution in [0.5, 0.6) is 0 Å². The SMILES string of the molecule is CCNC(=S)C(C(=O)c1ccc(Cl)cc1)[n+]1ccc(N(C)C)cc1. The van der Waals surface area contributed by atoms with Gasteiger partial charge in [-0.3, -0.25) is 4.79 Å². The van der Waals surface area contributed by atoms with Crippen LogP contribution in [-0.2, 0) is 0 Å². The molecule has 1 aromatic heterocycles. The highest BCUT2D eigenvalue weighted by molar-refractivity contribution is 7.80. The summed E-state index contributed by atoms with van der Waals surface area (Å²) in [6.45, 7) is 2.62. The number of nitrogens with one attached hydrogen (secondary N) is 1. The van der Waals surface area contributed by atoms with Gasteiger partial charge in [0.25, 0.3) is 6.04 Å². The Morgan fingerprint density at radius 1 is 1.21 bits per heavy atom. The lowest BCUT2D eigenvalue weighted by atomic mass is 10.0. The molecule has 0 aliphatic heterocycles. The Morgan fingerprint density at radius 2 is 1.79 bits per heavy atom. The number of pyridine rings is 1. The van der Waals surface area contributed by atoms with Crippen LogP contribution in [0.3, 0.4) is 0 Å². The molecule has 1 unspecified atom stereocenters. The van der Waals surface area contributed by atoms with E-state index in [-0.39, 0.29) is 5.78 Å². The summed E-state index contributed by atoms with van der Waals surface area (Å²) in [6, 6.07) is 10.2. The van der Waals surface area contributed by atoms with Crippen molar-refractivity contribution in [3.8, 4) is 0 Å². The first-order valence-corrected chi connectivity index (χ1v) is 8.48. The first-order chi connectivity index (χ1) is 11.4. The highest BCUT2D eigenvalue weighted by Gasteiger charge is 2.32. The van der Waals surface area contributed by atoms with Gasteiger partial charge in [0.1, 0.15) is 0 Å². The number of likely N-dealkylation sites (N-methyl/N-ethyl adjacent to an activating group) is 1. The first kappa shape index (κ1) is 18.4. The Labute approximate surface area is 153 Å². The molecule has 0 fully saturated rings. The van der Waals surface area contributed by atoms with E-state index in [0.717, 1.165) is 5.69 Å². The third-order valence-electron chi connectivity index (χ3n) is 3.63. The lowest BCUT2D eigenvalue weighted by molar-refractivity contribution is -0.692. The van der Waals surface area contributed by atoms with Crippen molar-refractivity contribution in [2.45, 2.75) is 13.0 Å². The normalized spacial score (nSPS) is 11.7. The number of nitrogens with zero attached hydrogens (tertiary/aromatic N) is 2. The number of carbonyl (C=O) groups excluding carboxylic acids is 1. The van der Waals surface area contributed by atoms with Crippen molar-refractivity contribution in [3.63, 3.8) is 0 Å². The summed E-state index contributed by atoms with van der Waals surface area (Å²) in [5.41, 5.74) is 1.63. The predicted molar refractivity (Wildman–Crippen MR) is 102 cm³/mol. The number of aromatic nitrogens is 1. The minimum absolute atomic E-state index is 0.0692. The number of Topliss-reactive ketones (excluding diaryl/α,β-unsaturated/α-hetero) is 1. The molecule has 0 aliphatic rings. The van der Waals surface area contributed by atoms with Gasteiger partial charge in [-0.25, -0.2) is 0 Å². The van der Waals surface area contributed by atoms with Gasteiger partial charge >= 0.3 is 0 Å². The average molecular weight is 363 g/mol. The number of ketones is 1. The minimum Gasteiger partial charge on any atom is -0.377 e. The lowest BCUT2D eigenvalue weighted by Gasteiger charge is -2.15. The number of hydrogen-bond acceptors (Lipinski definition) is 3. The molecule has 0 amide bonds. The summed E-state index contributed by atoms with van der Waals surface area (Å²) in [7, 11) is 3.94. The summed E-state index contributed by atoms with van der Waals surface area (Å²) in [4.78, 5) is 15.5. The standard InChI is InChI=1S/C18H20ClN3OS/c1-4-20-18(24)16(17(23)13-5-7-14(19)8-6-13)22-11-9-15(10-12-22)21(2)3/h5-12,16H,4H2,1-3H3/p+1. The van der Waals surface area contributed by atoms with Crippen molar-refractivity contribution in [3.05, 3.63) is 59.4 Å². The largest absolute Gasteiger partial charge is 0.377 e. The van der Waals surface area contributed by atoms with Crippen LogP contribution in [0.4, 0.5) is 5.69 Å². The van der Waals surface area contributed by atoms with E-state index in [4.69, 9.17) is 23.8 Å². The number of rotatable bonds is 6. The Balaban J connectivity index is 2.38. The number of benzene rings is 1. The molecule has 4 nitrogen and oxygen atoms in total. The van der Waals surface area contributed by atoms with E-state index in [9.17, 15) is 4.79 Å². The first-order valence-electron chi connectivity index (χ1n) is 7.69. The van der Waals surface area contributed by atoms with Crippen LogP contribution in [0.2, 0.25) is 5.02 Å². The van der Waals surface area contributed by atoms with Crippen molar-refractivity contribution in [1.29, 1.82) is 0 Å². The van der Waals surface area contributed by atoms with Crippen LogP contribution in [0, 0.1) is 0 Å². The molecule has 0 radical (unpaired) electrons. The minimum atomic E-state index is -0.586. The topological polar surface area (TPSA) is 36.2 Å². The van der Waals surface area contributed by atoms with Gasteiger partial charge in [0, 0.05) is 49.0 Å². The summed E-state index contributed by atoms with van der Waals surface area (Å²) >= 11 is 11.4. The van der Waals surface area contributed by atoms with E-state index in [0.29, 0.717) is 22.1 Å². The highest BCUT2D eigenvalue weighted by Crippen LogP contribution is 2.16. The van der Waals surface area contributed by atoms with Gasteiger partial charge in [-0.1, -0.05) is 23.8 Å². The van der Waals surface area contributed by atoms with Crippen molar-refractivity contribution in [2.24, 2.45) is 0 Å². The summed E-state index contributed by atoms with van der Waals surface area (Å²) in [5, 5.41) is 3.69. The van der Waals surface area contributed by atoms with Gasteiger partial charge in [0.2, 0.25) is 5.78 Å². The Hall–Kier alpha value is -1.98. The predicted octanol–water partition coefficient (Wildman–Crippen LogP) is 3.05. The molecule has 1 atom stereocenters. The average Bonchev–Trinajstić information content (AvgIpc) is 2.56. The molecule has 2 aromatic rings. The maximum atomic E-state index is 13.0. The van der Waals surface area contributed by atoms with Gasteiger partial charge in [0.05, 0.1) is 0 Å². The number of hydrogen-bond donors (Lipinski definition) is 1. The molecule has 0 saturated heterocycles. The quantitative estimate of drug-likeness (QED) is 0.487. The maximum absolute atomic E-state index is 13.0. The van der Waals surface area contributed by atoms with Crippen LogP contribution < -0.4 is 14.8 Å². The molecule has 1 heterocycles. The summed E-state index contributed by atoms with van der Waals surface area (Å²) < 4.78 is 1.83. The number of anilines is 1. The van der Waals surface area contributed by atoms with E-state index >= 15 is 0 Å². The van der Waals surface area contributed by atoms with Crippen molar-refractivity contribution in [2.75, 3.05) is 25.5 Å². The zero-order valence-corrected chi connectivity index (χ0v) is 15.6. The van der Waals surface area contributed by atoms with Crippen LogP contribution in [0.1, 0.15) is 23.3 Å². The van der Waals surface area contributed by atoms with Gasteiger partial charge in [-0.15, -0.1) is 0 Å². The number of carbonyl (C=O) groups is 1. The van der Waals surface area contributed by atoms with E-state index in [1.165, 1.54) is 0 Å².